The molecular weight excluding hydrogens is 204 g/mol. The third-order valence-corrected chi connectivity index (χ3v) is 3.29. The lowest BCUT2D eigenvalue weighted by atomic mass is 9.99. The largest absolute Gasteiger partial charge is 0.459 e. The molecule has 0 spiro atoms. The molecule has 2 rings (SSSR count). The van der Waals surface area contributed by atoms with Crippen LogP contribution in [-0.4, -0.2) is 36.5 Å². The molecule has 4 nitrogen and oxygen atoms in total. The van der Waals surface area contributed by atoms with E-state index in [4.69, 9.17) is 4.42 Å². The molecule has 1 aliphatic heterocycles. The highest BCUT2D eigenvalue weighted by atomic mass is 16.3. The van der Waals surface area contributed by atoms with Crippen molar-refractivity contribution in [2.75, 3.05) is 13.6 Å². The van der Waals surface area contributed by atoms with Crippen molar-refractivity contribution in [1.82, 2.24) is 10.2 Å². The summed E-state index contributed by atoms with van der Waals surface area (Å²) in [7, 11) is 2.12. The average Bonchev–Trinajstić information content (AvgIpc) is 2.77. The van der Waals surface area contributed by atoms with Gasteiger partial charge in [-0.3, -0.25) is 4.79 Å². The molecule has 16 heavy (non-hydrogen) atoms. The van der Waals surface area contributed by atoms with Gasteiger partial charge >= 0.3 is 0 Å². The number of hydrogen-bond donors (Lipinski definition) is 1. The minimum absolute atomic E-state index is 0.105. The summed E-state index contributed by atoms with van der Waals surface area (Å²) in [6.07, 6.45) is 3.53. The Morgan fingerprint density at radius 1 is 1.62 bits per heavy atom. The second-order valence-corrected chi connectivity index (χ2v) is 4.50. The molecule has 0 bridgehead atoms. The number of piperidine rings is 1. The molecule has 2 unspecified atom stereocenters. The van der Waals surface area contributed by atoms with Gasteiger partial charge in [0, 0.05) is 18.6 Å². The van der Waals surface area contributed by atoms with Crippen molar-refractivity contribution >= 4 is 5.91 Å². The third kappa shape index (κ3) is 2.44. The number of nitrogens with one attached hydrogen (secondary N) is 1. The highest BCUT2D eigenvalue weighted by Crippen LogP contribution is 2.15. The van der Waals surface area contributed by atoms with E-state index >= 15 is 0 Å². The Labute approximate surface area is 95.6 Å². The fourth-order valence-electron chi connectivity index (χ4n) is 2.08. The van der Waals surface area contributed by atoms with Gasteiger partial charge in [0.05, 0.1) is 6.26 Å². The summed E-state index contributed by atoms with van der Waals surface area (Å²) in [5.74, 6) is 0.290. The Morgan fingerprint density at radius 2 is 2.44 bits per heavy atom. The number of carbonyl (C=O) groups is 1. The van der Waals surface area contributed by atoms with Gasteiger partial charge in [0.1, 0.15) is 0 Å². The Morgan fingerprint density at radius 3 is 3.06 bits per heavy atom. The Bertz CT molecular complexity index is 348. The van der Waals surface area contributed by atoms with Crippen LogP contribution < -0.4 is 5.32 Å². The van der Waals surface area contributed by atoms with Crippen molar-refractivity contribution in [2.45, 2.75) is 31.8 Å². The number of carbonyl (C=O) groups excluding carboxylic acids is 1. The van der Waals surface area contributed by atoms with Gasteiger partial charge in [-0.2, -0.15) is 0 Å². The Kier molecular flexibility index (Phi) is 3.29. The minimum Gasteiger partial charge on any atom is -0.459 e. The van der Waals surface area contributed by atoms with Crippen LogP contribution in [0.5, 0.6) is 0 Å². The molecule has 1 saturated heterocycles. The van der Waals surface area contributed by atoms with Crippen molar-refractivity contribution in [2.24, 2.45) is 0 Å². The van der Waals surface area contributed by atoms with E-state index in [-0.39, 0.29) is 11.9 Å². The standard InChI is InChI=1S/C12H18N2O2/c1-9-8-10(5-6-14(9)2)13-12(15)11-4-3-7-16-11/h3-4,7,9-10H,5-6,8H2,1-2H3,(H,13,15). The van der Waals surface area contributed by atoms with Crippen LogP contribution >= 0.6 is 0 Å². The molecule has 1 aromatic heterocycles. The van der Waals surface area contributed by atoms with Crippen LogP contribution in [-0.2, 0) is 0 Å². The van der Waals surface area contributed by atoms with Crippen LogP contribution in [0, 0.1) is 0 Å². The SMILES string of the molecule is CC1CC(NC(=O)c2ccco2)CCN1C. The molecule has 2 heterocycles. The zero-order valence-corrected chi connectivity index (χ0v) is 9.77. The van der Waals surface area contributed by atoms with Crippen LogP contribution in [0.3, 0.4) is 0 Å². The number of nitrogens with zero attached hydrogens (tertiary/aromatic N) is 1. The molecule has 0 aromatic carbocycles. The summed E-state index contributed by atoms with van der Waals surface area (Å²) >= 11 is 0. The molecule has 2 atom stereocenters. The molecule has 0 radical (unpaired) electrons. The van der Waals surface area contributed by atoms with E-state index in [1.54, 1.807) is 12.1 Å². The lowest BCUT2D eigenvalue weighted by Crippen LogP contribution is -2.47. The maximum Gasteiger partial charge on any atom is 0.287 e. The van der Waals surface area contributed by atoms with Crippen molar-refractivity contribution < 1.29 is 9.21 Å². The highest BCUT2D eigenvalue weighted by Gasteiger charge is 2.24. The first-order valence-electron chi connectivity index (χ1n) is 5.71. The normalized spacial score (nSPS) is 26.6. The van der Waals surface area contributed by atoms with Gasteiger partial charge in [-0.05, 0) is 38.9 Å². The molecule has 1 fully saturated rings. The van der Waals surface area contributed by atoms with Crippen LogP contribution in [0.15, 0.2) is 22.8 Å². The lowest BCUT2D eigenvalue weighted by molar-refractivity contribution is 0.0869. The topological polar surface area (TPSA) is 45.5 Å². The van der Waals surface area contributed by atoms with E-state index in [9.17, 15) is 4.79 Å². The van der Waals surface area contributed by atoms with Crippen LogP contribution in [0.2, 0.25) is 0 Å². The number of hydrogen-bond acceptors (Lipinski definition) is 3. The second kappa shape index (κ2) is 4.70. The summed E-state index contributed by atoms with van der Waals surface area (Å²) in [5, 5.41) is 3.01. The van der Waals surface area contributed by atoms with E-state index in [0.717, 1.165) is 19.4 Å². The summed E-state index contributed by atoms with van der Waals surface area (Å²) < 4.78 is 5.06. The molecule has 0 saturated carbocycles. The minimum atomic E-state index is -0.105. The molecule has 1 aliphatic rings. The maximum atomic E-state index is 11.7. The van der Waals surface area contributed by atoms with Crippen LogP contribution in [0.4, 0.5) is 0 Å². The van der Waals surface area contributed by atoms with Gasteiger partial charge in [-0.25, -0.2) is 0 Å². The smallest absolute Gasteiger partial charge is 0.287 e. The fourth-order valence-corrected chi connectivity index (χ4v) is 2.08. The predicted octanol–water partition coefficient (Wildman–Crippen LogP) is 1.49. The van der Waals surface area contributed by atoms with Crippen LogP contribution in [0.1, 0.15) is 30.3 Å². The van der Waals surface area contributed by atoms with Gasteiger partial charge in [-0.1, -0.05) is 0 Å². The quantitative estimate of drug-likeness (QED) is 0.824. The molecule has 0 aliphatic carbocycles. The number of likely N-dealkylation sites (tertiary alicyclic amines) is 1. The first-order chi connectivity index (χ1) is 7.66. The van der Waals surface area contributed by atoms with Gasteiger partial charge in [-0.15, -0.1) is 0 Å². The number of rotatable bonds is 2. The third-order valence-electron chi connectivity index (χ3n) is 3.29. The molecule has 88 valence electrons. The summed E-state index contributed by atoms with van der Waals surface area (Å²) in [6, 6.07) is 4.21. The molecule has 1 N–H and O–H groups in total. The average molecular weight is 222 g/mol. The molecule has 1 amide bonds. The summed E-state index contributed by atoms with van der Waals surface area (Å²) in [5.41, 5.74) is 0. The first kappa shape index (κ1) is 11.2. The number of furan rings is 1. The number of amides is 1. The fraction of sp³-hybridized carbons (Fsp3) is 0.583. The van der Waals surface area contributed by atoms with E-state index in [0.29, 0.717) is 11.8 Å². The van der Waals surface area contributed by atoms with Gasteiger partial charge in [0.25, 0.3) is 5.91 Å². The predicted molar refractivity (Wildman–Crippen MR) is 61.3 cm³/mol. The zero-order chi connectivity index (χ0) is 11.5. The van der Waals surface area contributed by atoms with Crippen molar-refractivity contribution in [1.29, 1.82) is 0 Å². The highest BCUT2D eigenvalue weighted by molar-refractivity contribution is 5.91. The van der Waals surface area contributed by atoms with Gasteiger partial charge in [0.15, 0.2) is 5.76 Å². The molecule has 4 heteroatoms. The maximum absolute atomic E-state index is 11.7. The summed E-state index contributed by atoms with van der Waals surface area (Å²) in [4.78, 5) is 14.1. The Balaban J connectivity index is 1.89. The van der Waals surface area contributed by atoms with Crippen molar-refractivity contribution in [3.8, 4) is 0 Å². The zero-order valence-electron chi connectivity index (χ0n) is 9.77. The molecular formula is C12H18N2O2. The second-order valence-electron chi connectivity index (χ2n) is 4.50. The van der Waals surface area contributed by atoms with E-state index in [2.05, 4.69) is 24.2 Å². The van der Waals surface area contributed by atoms with Crippen molar-refractivity contribution in [3.05, 3.63) is 24.2 Å². The summed E-state index contributed by atoms with van der Waals surface area (Å²) in [6.45, 7) is 3.22. The van der Waals surface area contributed by atoms with Crippen molar-refractivity contribution in [3.63, 3.8) is 0 Å². The molecule has 1 aromatic rings. The van der Waals surface area contributed by atoms with E-state index in [1.165, 1.54) is 6.26 Å². The monoisotopic (exact) mass is 222 g/mol. The first-order valence-corrected chi connectivity index (χ1v) is 5.71. The van der Waals surface area contributed by atoms with E-state index < -0.39 is 0 Å². The van der Waals surface area contributed by atoms with Gasteiger partial charge < -0.3 is 14.6 Å². The Hall–Kier alpha value is -1.29. The van der Waals surface area contributed by atoms with E-state index in [1.807, 2.05) is 0 Å². The van der Waals surface area contributed by atoms with Crippen LogP contribution in [0.25, 0.3) is 0 Å². The van der Waals surface area contributed by atoms with Gasteiger partial charge in [0.2, 0.25) is 0 Å². The lowest BCUT2D eigenvalue weighted by Gasteiger charge is -2.35.